The van der Waals surface area contributed by atoms with Gasteiger partial charge in [-0.25, -0.2) is 0 Å². The average Bonchev–Trinajstić information content (AvgIpc) is 2.36. The molecule has 120 valence electrons. The van der Waals surface area contributed by atoms with Crippen LogP contribution in [0.25, 0.3) is 0 Å². The molecule has 1 atom stereocenters. The van der Waals surface area contributed by atoms with E-state index in [2.05, 4.69) is 77.0 Å². The van der Waals surface area contributed by atoms with E-state index < -0.39 is 0 Å². The van der Waals surface area contributed by atoms with Crippen molar-refractivity contribution in [3.05, 3.63) is 29.6 Å². The first-order valence-electron chi connectivity index (χ1n) is 8.06. The summed E-state index contributed by atoms with van der Waals surface area (Å²) in [7, 11) is 2.18. The minimum absolute atomic E-state index is 0.283. The van der Waals surface area contributed by atoms with Crippen molar-refractivity contribution in [2.75, 3.05) is 13.6 Å². The highest BCUT2D eigenvalue weighted by molar-refractivity contribution is 5.11. The minimum atomic E-state index is 0.283. The molecule has 0 bridgehead atoms. The third-order valence-corrected chi connectivity index (χ3v) is 4.05. The van der Waals surface area contributed by atoms with E-state index in [0.717, 1.165) is 31.0 Å². The van der Waals surface area contributed by atoms with Crippen LogP contribution in [0.15, 0.2) is 18.2 Å². The van der Waals surface area contributed by atoms with Gasteiger partial charge in [0.05, 0.1) is 11.4 Å². The van der Waals surface area contributed by atoms with E-state index in [9.17, 15) is 0 Å². The highest BCUT2D eigenvalue weighted by Crippen LogP contribution is 2.23. The van der Waals surface area contributed by atoms with Crippen LogP contribution < -0.4 is 5.32 Å². The number of pyridine rings is 1. The number of hydrogen-bond acceptors (Lipinski definition) is 3. The second kappa shape index (κ2) is 7.90. The predicted octanol–water partition coefficient (Wildman–Crippen LogP) is 3.69. The Morgan fingerprint density at radius 2 is 1.76 bits per heavy atom. The van der Waals surface area contributed by atoms with E-state index in [1.54, 1.807) is 0 Å². The second-order valence-electron chi connectivity index (χ2n) is 7.60. The maximum atomic E-state index is 4.77. The predicted molar refractivity (Wildman–Crippen MR) is 91.2 cm³/mol. The monoisotopic (exact) mass is 291 g/mol. The standard InChI is InChI=1S/C18H33N3/c1-14(2)11-19-12-16-9-8-10-17(20-16)13-21(7)15(3)18(4,5)6/h8-10,14-15,19H,11-13H2,1-7H3. The first-order valence-corrected chi connectivity index (χ1v) is 8.06. The molecule has 0 saturated heterocycles. The molecule has 3 heteroatoms. The second-order valence-corrected chi connectivity index (χ2v) is 7.60. The van der Waals surface area contributed by atoms with Crippen LogP contribution in [0.4, 0.5) is 0 Å². The Labute approximate surface area is 131 Å². The van der Waals surface area contributed by atoms with Gasteiger partial charge in [-0.15, -0.1) is 0 Å². The molecule has 0 amide bonds. The lowest BCUT2D eigenvalue weighted by Gasteiger charge is -2.35. The topological polar surface area (TPSA) is 28.2 Å². The summed E-state index contributed by atoms with van der Waals surface area (Å²) in [6.45, 7) is 16.4. The van der Waals surface area contributed by atoms with Crippen molar-refractivity contribution in [1.82, 2.24) is 15.2 Å². The molecular formula is C18H33N3. The Bertz CT molecular complexity index is 421. The highest BCUT2D eigenvalue weighted by Gasteiger charge is 2.23. The van der Waals surface area contributed by atoms with Crippen LogP contribution in [0.5, 0.6) is 0 Å². The Balaban J connectivity index is 2.60. The largest absolute Gasteiger partial charge is 0.311 e. The molecule has 0 radical (unpaired) electrons. The summed E-state index contributed by atoms with van der Waals surface area (Å²) in [5, 5.41) is 3.45. The van der Waals surface area contributed by atoms with E-state index >= 15 is 0 Å². The van der Waals surface area contributed by atoms with Gasteiger partial charge in [0.2, 0.25) is 0 Å². The van der Waals surface area contributed by atoms with Crippen LogP contribution in [-0.2, 0) is 13.1 Å². The maximum Gasteiger partial charge on any atom is 0.0547 e. The van der Waals surface area contributed by atoms with Crippen molar-refractivity contribution in [3.8, 4) is 0 Å². The first-order chi connectivity index (χ1) is 9.70. The molecule has 1 N–H and O–H groups in total. The Morgan fingerprint density at radius 1 is 1.14 bits per heavy atom. The number of nitrogens with one attached hydrogen (secondary N) is 1. The van der Waals surface area contributed by atoms with Crippen molar-refractivity contribution < 1.29 is 0 Å². The maximum absolute atomic E-state index is 4.77. The van der Waals surface area contributed by atoms with Gasteiger partial charge >= 0.3 is 0 Å². The number of aromatic nitrogens is 1. The number of nitrogens with zero attached hydrogens (tertiary/aromatic N) is 2. The molecule has 0 aliphatic heterocycles. The lowest BCUT2D eigenvalue weighted by atomic mass is 9.87. The van der Waals surface area contributed by atoms with Gasteiger partial charge in [0.15, 0.2) is 0 Å². The summed E-state index contributed by atoms with van der Waals surface area (Å²) in [4.78, 5) is 7.15. The normalized spacial score (nSPS) is 14.0. The molecule has 1 unspecified atom stereocenters. The number of rotatable bonds is 7. The summed E-state index contributed by atoms with van der Waals surface area (Å²) in [5.74, 6) is 0.673. The smallest absolute Gasteiger partial charge is 0.0547 e. The van der Waals surface area contributed by atoms with Crippen LogP contribution in [0, 0.1) is 11.3 Å². The highest BCUT2D eigenvalue weighted by atomic mass is 15.1. The van der Waals surface area contributed by atoms with Crippen LogP contribution in [0.1, 0.15) is 52.9 Å². The fourth-order valence-corrected chi connectivity index (χ4v) is 2.26. The molecule has 1 heterocycles. The minimum Gasteiger partial charge on any atom is -0.311 e. The van der Waals surface area contributed by atoms with E-state index in [-0.39, 0.29) is 5.41 Å². The SMILES string of the molecule is CC(C)CNCc1cccc(CN(C)C(C)C(C)(C)C)n1. The molecule has 0 spiro atoms. The first kappa shape index (κ1) is 18.1. The van der Waals surface area contributed by atoms with Gasteiger partial charge in [0.25, 0.3) is 0 Å². The van der Waals surface area contributed by atoms with Gasteiger partial charge in [-0.1, -0.05) is 40.7 Å². The fraction of sp³-hybridized carbons (Fsp3) is 0.722. The van der Waals surface area contributed by atoms with Crippen molar-refractivity contribution in [2.24, 2.45) is 11.3 Å². The molecule has 0 aromatic carbocycles. The van der Waals surface area contributed by atoms with Crippen LogP contribution >= 0.6 is 0 Å². The molecule has 1 aromatic rings. The van der Waals surface area contributed by atoms with Gasteiger partial charge < -0.3 is 5.32 Å². The zero-order valence-electron chi connectivity index (χ0n) is 14.9. The summed E-state index contributed by atoms with van der Waals surface area (Å²) in [6.07, 6.45) is 0. The van der Waals surface area contributed by atoms with Gasteiger partial charge in [-0.2, -0.15) is 0 Å². The molecule has 1 rings (SSSR count). The molecule has 0 aliphatic rings. The van der Waals surface area contributed by atoms with Crippen LogP contribution in [0.2, 0.25) is 0 Å². The molecule has 0 fully saturated rings. The zero-order chi connectivity index (χ0) is 16.0. The number of hydrogen-bond donors (Lipinski definition) is 1. The molecule has 3 nitrogen and oxygen atoms in total. The molecule has 1 aromatic heterocycles. The Hall–Kier alpha value is -0.930. The lowest BCUT2D eigenvalue weighted by molar-refractivity contribution is 0.133. The average molecular weight is 291 g/mol. The summed E-state index contributed by atoms with van der Waals surface area (Å²) >= 11 is 0. The molecule has 0 aliphatic carbocycles. The summed E-state index contributed by atoms with van der Waals surface area (Å²) in [5.41, 5.74) is 2.56. The van der Waals surface area contributed by atoms with Crippen molar-refractivity contribution in [2.45, 2.75) is 60.7 Å². The summed E-state index contributed by atoms with van der Waals surface area (Å²) in [6, 6.07) is 6.86. The van der Waals surface area contributed by atoms with Gasteiger partial charge in [-0.05, 0) is 44.0 Å². The molecule has 21 heavy (non-hydrogen) atoms. The van der Waals surface area contributed by atoms with Gasteiger partial charge in [0, 0.05) is 19.1 Å². The Morgan fingerprint density at radius 3 is 2.33 bits per heavy atom. The van der Waals surface area contributed by atoms with E-state index in [1.165, 1.54) is 0 Å². The zero-order valence-corrected chi connectivity index (χ0v) is 14.9. The quantitative estimate of drug-likeness (QED) is 0.830. The van der Waals surface area contributed by atoms with Crippen LogP contribution in [0.3, 0.4) is 0 Å². The fourth-order valence-electron chi connectivity index (χ4n) is 2.26. The lowest BCUT2D eigenvalue weighted by Crippen LogP contribution is -2.39. The third-order valence-electron chi connectivity index (χ3n) is 4.05. The van der Waals surface area contributed by atoms with Gasteiger partial charge in [-0.3, -0.25) is 9.88 Å². The van der Waals surface area contributed by atoms with Crippen molar-refractivity contribution >= 4 is 0 Å². The molecule has 0 saturated carbocycles. The van der Waals surface area contributed by atoms with E-state index in [4.69, 9.17) is 4.98 Å². The van der Waals surface area contributed by atoms with Gasteiger partial charge in [0.1, 0.15) is 0 Å². The Kier molecular flexibility index (Phi) is 6.82. The molecular weight excluding hydrogens is 258 g/mol. The summed E-state index contributed by atoms with van der Waals surface area (Å²) < 4.78 is 0. The van der Waals surface area contributed by atoms with Crippen molar-refractivity contribution in [3.63, 3.8) is 0 Å². The van der Waals surface area contributed by atoms with E-state index in [1.807, 2.05) is 0 Å². The third kappa shape index (κ3) is 6.58. The van der Waals surface area contributed by atoms with Crippen molar-refractivity contribution in [1.29, 1.82) is 0 Å². The van der Waals surface area contributed by atoms with Crippen LogP contribution in [-0.4, -0.2) is 29.5 Å². The van der Waals surface area contributed by atoms with E-state index in [0.29, 0.717) is 12.0 Å².